The number of aromatic nitrogens is 5. The molecule has 2 heterocycles. The van der Waals surface area contributed by atoms with Gasteiger partial charge in [-0.3, -0.25) is 4.79 Å². The number of benzene rings is 2. The topological polar surface area (TPSA) is 127 Å². The molecule has 0 aliphatic rings. The lowest BCUT2D eigenvalue weighted by atomic mass is 10.1. The van der Waals surface area contributed by atoms with Crippen molar-refractivity contribution >= 4 is 22.7 Å². The van der Waals surface area contributed by atoms with Crippen molar-refractivity contribution in [3.63, 3.8) is 0 Å². The molecule has 0 spiro atoms. The zero-order valence-electron chi connectivity index (χ0n) is 14.0. The molecule has 2 N–H and O–H groups in total. The summed E-state index contributed by atoms with van der Waals surface area (Å²) in [7, 11) is 0. The van der Waals surface area contributed by atoms with E-state index in [1.54, 1.807) is 42.5 Å². The molecule has 2 aromatic heterocycles. The summed E-state index contributed by atoms with van der Waals surface area (Å²) in [5.41, 5.74) is 1.88. The van der Waals surface area contributed by atoms with Gasteiger partial charge in [0.15, 0.2) is 5.58 Å². The average Bonchev–Trinajstić information content (AvgIpc) is 3.21. The maximum absolute atomic E-state index is 12.3. The molecule has 0 bridgehead atoms. The maximum Gasteiger partial charge on any atom is 0.358 e. The highest BCUT2D eigenvalue weighted by Gasteiger charge is 2.13. The van der Waals surface area contributed by atoms with E-state index in [-0.39, 0.29) is 24.4 Å². The van der Waals surface area contributed by atoms with Crippen LogP contribution in [0.1, 0.15) is 12.1 Å². The Hall–Kier alpha value is -3.88. The zero-order valence-corrected chi connectivity index (χ0v) is 14.0. The monoisotopic (exact) mass is 362 g/mol. The number of anilines is 1. The number of carbonyl (C=O) groups is 1. The molecule has 0 aliphatic heterocycles. The molecule has 9 nitrogen and oxygen atoms in total. The molecule has 0 saturated carbocycles. The standard InChI is InChI=1S/C18H14N6O3/c25-16(20-12-6-2-1-5-11(12)17-21-23-24-22-17)10-9-14-18(26)27-15-8-4-3-7-13(15)19-14/h1-8H,9-10H2,(H,20,25)(H,21,22,23,24). The average molecular weight is 362 g/mol. The molecule has 4 rings (SSSR count). The molecule has 0 aliphatic carbocycles. The van der Waals surface area contributed by atoms with Crippen molar-refractivity contribution in [1.29, 1.82) is 0 Å². The van der Waals surface area contributed by atoms with Crippen LogP contribution in [0.25, 0.3) is 22.5 Å². The minimum Gasteiger partial charge on any atom is -0.420 e. The molecular formula is C18H14N6O3. The van der Waals surface area contributed by atoms with Crippen molar-refractivity contribution in [2.45, 2.75) is 12.8 Å². The Bertz CT molecular complexity index is 1150. The Morgan fingerprint density at radius 2 is 1.93 bits per heavy atom. The summed E-state index contributed by atoms with van der Waals surface area (Å²) in [6.45, 7) is 0. The predicted molar refractivity (Wildman–Crippen MR) is 96.8 cm³/mol. The van der Waals surface area contributed by atoms with E-state index < -0.39 is 5.63 Å². The number of nitrogens with zero attached hydrogens (tertiary/aromatic N) is 4. The van der Waals surface area contributed by atoms with Gasteiger partial charge < -0.3 is 9.73 Å². The Labute approximate surface area is 152 Å². The Morgan fingerprint density at radius 3 is 2.78 bits per heavy atom. The number of para-hydroxylation sites is 3. The quantitative estimate of drug-likeness (QED) is 0.555. The largest absolute Gasteiger partial charge is 0.420 e. The second kappa shape index (κ2) is 7.16. The van der Waals surface area contributed by atoms with Gasteiger partial charge in [-0.15, -0.1) is 10.2 Å². The van der Waals surface area contributed by atoms with E-state index in [0.29, 0.717) is 28.2 Å². The number of aromatic amines is 1. The molecule has 0 unspecified atom stereocenters. The number of nitrogens with one attached hydrogen (secondary N) is 2. The van der Waals surface area contributed by atoms with Gasteiger partial charge in [0.05, 0.1) is 5.69 Å². The van der Waals surface area contributed by atoms with E-state index in [0.717, 1.165) is 0 Å². The van der Waals surface area contributed by atoms with Gasteiger partial charge in [-0.05, 0) is 29.5 Å². The third-order valence-corrected chi connectivity index (χ3v) is 3.94. The minimum atomic E-state index is -0.534. The fourth-order valence-corrected chi connectivity index (χ4v) is 2.65. The second-order valence-electron chi connectivity index (χ2n) is 5.74. The molecule has 9 heteroatoms. The lowest BCUT2D eigenvalue weighted by molar-refractivity contribution is -0.116. The Morgan fingerprint density at radius 1 is 1.11 bits per heavy atom. The fraction of sp³-hybridized carbons (Fsp3) is 0.111. The lowest BCUT2D eigenvalue weighted by Gasteiger charge is -2.08. The maximum atomic E-state index is 12.3. The van der Waals surface area contributed by atoms with E-state index in [1.165, 1.54) is 0 Å². The van der Waals surface area contributed by atoms with Crippen LogP contribution >= 0.6 is 0 Å². The first-order valence-corrected chi connectivity index (χ1v) is 8.22. The van der Waals surface area contributed by atoms with Gasteiger partial charge in [-0.1, -0.05) is 24.3 Å². The molecule has 0 saturated heterocycles. The van der Waals surface area contributed by atoms with Gasteiger partial charge in [-0.2, -0.15) is 5.21 Å². The predicted octanol–water partition coefficient (Wildman–Crippen LogP) is 1.94. The summed E-state index contributed by atoms with van der Waals surface area (Å²) >= 11 is 0. The first kappa shape index (κ1) is 16.6. The van der Waals surface area contributed by atoms with Crippen LogP contribution in [0.15, 0.2) is 57.7 Å². The van der Waals surface area contributed by atoms with Gasteiger partial charge >= 0.3 is 5.63 Å². The van der Waals surface area contributed by atoms with Crippen LogP contribution in [0.3, 0.4) is 0 Å². The molecule has 0 fully saturated rings. The number of hydrogen-bond acceptors (Lipinski definition) is 7. The van der Waals surface area contributed by atoms with Gasteiger partial charge in [-0.25, -0.2) is 9.78 Å². The number of amides is 1. The Kier molecular flexibility index (Phi) is 4.40. The SMILES string of the molecule is O=C(CCc1nc2ccccc2oc1=O)Nc1ccccc1-c1nn[nH]n1. The number of carbonyl (C=O) groups excluding carboxylic acids is 1. The molecule has 0 radical (unpaired) electrons. The van der Waals surface area contributed by atoms with Gasteiger partial charge in [0.1, 0.15) is 11.2 Å². The first-order valence-electron chi connectivity index (χ1n) is 8.22. The molecule has 0 atom stereocenters. The van der Waals surface area contributed by atoms with Crippen molar-refractivity contribution < 1.29 is 9.21 Å². The second-order valence-corrected chi connectivity index (χ2v) is 5.74. The summed E-state index contributed by atoms with van der Waals surface area (Å²) in [5.74, 6) is 0.114. The fourth-order valence-electron chi connectivity index (χ4n) is 2.65. The van der Waals surface area contributed by atoms with Crippen molar-refractivity contribution in [1.82, 2.24) is 25.6 Å². The van der Waals surface area contributed by atoms with Crippen LogP contribution in [0, 0.1) is 0 Å². The van der Waals surface area contributed by atoms with Crippen LogP contribution in [-0.4, -0.2) is 31.5 Å². The number of aryl methyl sites for hydroxylation is 1. The number of H-pyrrole nitrogens is 1. The van der Waals surface area contributed by atoms with Crippen molar-refractivity contribution in [3.05, 3.63) is 64.6 Å². The minimum absolute atomic E-state index is 0.0800. The molecule has 4 aromatic rings. The van der Waals surface area contributed by atoms with Gasteiger partial charge in [0.2, 0.25) is 11.7 Å². The van der Waals surface area contributed by atoms with Crippen molar-refractivity contribution in [2.24, 2.45) is 0 Å². The van der Waals surface area contributed by atoms with E-state index in [2.05, 4.69) is 30.9 Å². The van der Waals surface area contributed by atoms with Crippen LogP contribution in [0.5, 0.6) is 0 Å². The summed E-state index contributed by atoms with van der Waals surface area (Å²) in [6.07, 6.45) is 0.250. The highest BCUT2D eigenvalue weighted by atomic mass is 16.4. The number of fused-ring (bicyclic) bond motifs is 1. The van der Waals surface area contributed by atoms with E-state index >= 15 is 0 Å². The number of hydrogen-bond donors (Lipinski definition) is 2. The highest BCUT2D eigenvalue weighted by Crippen LogP contribution is 2.24. The third kappa shape index (κ3) is 3.56. The van der Waals surface area contributed by atoms with Crippen molar-refractivity contribution in [2.75, 3.05) is 5.32 Å². The zero-order chi connectivity index (χ0) is 18.6. The summed E-state index contributed by atoms with van der Waals surface area (Å²) in [4.78, 5) is 28.7. The molecule has 27 heavy (non-hydrogen) atoms. The number of rotatable bonds is 5. The summed E-state index contributed by atoms with van der Waals surface area (Å²) in [6, 6.07) is 14.1. The molecule has 2 aromatic carbocycles. The van der Waals surface area contributed by atoms with Gasteiger partial charge in [0.25, 0.3) is 0 Å². The van der Waals surface area contributed by atoms with Gasteiger partial charge in [0, 0.05) is 18.4 Å². The third-order valence-electron chi connectivity index (χ3n) is 3.94. The molecule has 134 valence electrons. The van der Waals surface area contributed by atoms with E-state index in [9.17, 15) is 9.59 Å². The molecular weight excluding hydrogens is 348 g/mol. The van der Waals surface area contributed by atoms with E-state index in [1.807, 2.05) is 6.07 Å². The number of tetrazole rings is 1. The first-order chi connectivity index (χ1) is 13.2. The van der Waals surface area contributed by atoms with Crippen LogP contribution in [0.2, 0.25) is 0 Å². The van der Waals surface area contributed by atoms with Crippen LogP contribution in [-0.2, 0) is 11.2 Å². The van der Waals surface area contributed by atoms with Crippen LogP contribution < -0.4 is 10.9 Å². The summed E-state index contributed by atoms with van der Waals surface area (Å²) < 4.78 is 5.23. The lowest BCUT2D eigenvalue weighted by Crippen LogP contribution is -2.17. The Balaban J connectivity index is 1.48. The van der Waals surface area contributed by atoms with Crippen LogP contribution in [0.4, 0.5) is 5.69 Å². The normalized spacial score (nSPS) is 10.8. The summed E-state index contributed by atoms with van der Waals surface area (Å²) in [5, 5.41) is 16.6. The highest BCUT2D eigenvalue weighted by molar-refractivity contribution is 5.94. The van der Waals surface area contributed by atoms with Crippen molar-refractivity contribution in [3.8, 4) is 11.4 Å². The van der Waals surface area contributed by atoms with E-state index in [4.69, 9.17) is 4.42 Å². The molecule has 1 amide bonds. The smallest absolute Gasteiger partial charge is 0.358 e.